The zero-order valence-corrected chi connectivity index (χ0v) is 50.7. The summed E-state index contributed by atoms with van der Waals surface area (Å²) in [5, 5.41) is 57.0. The highest BCUT2D eigenvalue weighted by Crippen LogP contribution is 2.26. The van der Waals surface area contributed by atoms with E-state index in [0.717, 1.165) is 70.6 Å². The summed E-state index contributed by atoms with van der Waals surface area (Å²) in [6.07, 6.45) is 61.0. The Labute approximate surface area is 483 Å². The fourth-order valence-corrected chi connectivity index (χ4v) is 9.98. The van der Waals surface area contributed by atoms with Crippen molar-refractivity contribution in [1.29, 1.82) is 0 Å². The number of carbonyl (C=O) groups is 2. The number of aliphatic hydroxyl groups is 5. The lowest BCUT2D eigenvalue weighted by Crippen LogP contribution is -2.61. The van der Waals surface area contributed by atoms with Crippen molar-refractivity contribution in [2.45, 2.75) is 333 Å². The van der Waals surface area contributed by atoms with Gasteiger partial charge in [0.15, 0.2) is 12.4 Å². The SMILES string of the molecule is CC/C=C\C/C=C\C/C=C\C/C=C\C/C=C\CCCC(=O)OC1C(OCC(NC(=O)C(O)CCCCCCCCCCCCCCCCCCCCCCCC)C(O)/C=C/CCCCCCCCCCC)OC(CO)C(O)C1O. The highest BCUT2D eigenvalue weighted by molar-refractivity contribution is 5.80. The maximum Gasteiger partial charge on any atom is 0.306 e. The van der Waals surface area contributed by atoms with Gasteiger partial charge in [-0.15, -0.1) is 0 Å². The van der Waals surface area contributed by atoms with Crippen LogP contribution in [0.1, 0.15) is 284 Å². The van der Waals surface area contributed by atoms with Crippen molar-refractivity contribution >= 4 is 11.9 Å². The summed E-state index contributed by atoms with van der Waals surface area (Å²) in [4.78, 5) is 26.5. The lowest BCUT2D eigenvalue weighted by atomic mass is 9.99. The highest BCUT2D eigenvalue weighted by Gasteiger charge is 2.47. The molecule has 11 heteroatoms. The summed E-state index contributed by atoms with van der Waals surface area (Å²) in [6, 6.07) is -1.04. The first-order valence-corrected chi connectivity index (χ1v) is 32.7. The number of hydrogen-bond acceptors (Lipinski definition) is 10. The zero-order valence-electron chi connectivity index (χ0n) is 50.7. The second-order valence-corrected chi connectivity index (χ2v) is 22.5. The third-order valence-electron chi connectivity index (χ3n) is 15.1. The first kappa shape index (κ1) is 74.1. The Morgan fingerprint density at radius 3 is 1.35 bits per heavy atom. The molecule has 0 aromatic rings. The molecule has 1 fully saturated rings. The van der Waals surface area contributed by atoms with Gasteiger partial charge in [-0.2, -0.15) is 0 Å². The van der Waals surface area contributed by atoms with Crippen LogP contribution in [0.2, 0.25) is 0 Å². The van der Waals surface area contributed by atoms with Gasteiger partial charge in [0.2, 0.25) is 5.91 Å². The molecule has 1 heterocycles. The van der Waals surface area contributed by atoms with Crippen LogP contribution < -0.4 is 5.32 Å². The summed E-state index contributed by atoms with van der Waals surface area (Å²) in [6.45, 7) is 5.66. The number of ether oxygens (including phenoxy) is 3. The summed E-state index contributed by atoms with van der Waals surface area (Å²) < 4.78 is 17.6. The van der Waals surface area contributed by atoms with Crippen LogP contribution in [0.5, 0.6) is 0 Å². The summed E-state index contributed by atoms with van der Waals surface area (Å²) >= 11 is 0. The number of esters is 1. The second-order valence-electron chi connectivity index (χ2n) is 22.5. The normalized spacial score (nSPS) is 19.3. The van der Waals surface area contributed by atoms with Gasteiger partial charge in [-0.1, -0.05) is 286 Å². The van der Waals surface area contributed by atoms with Crippen molar-refractivity contribution in [3.8, 4) is 0 Å². The van der Waals surface area contributed by atoms with Gasteiger partial charge >= 0.3 is 5.97 Å². The minimum atomic E-state index is -1.64. The van der Waals surface area contributed by atoms with Crippen LogP contribution in [0.25, 0.3) is 0 Å². The van der Waals surface area contributed by atoms with Gasteiger partial charge < -0.3 is 45.1 Å². The first-order chi connectivity index (χ1) is 38.7. The Hall–Kier alpha value is -2.90. The number of hydrogen-bond donors (Lipinski definition) is 6. The minimum Gasteiger partial charge on any atom is -0.454 e. The van der Waals surface area contributed by atoms with Crippen molar-refractivity contribution in [3.05, 3.63) is 72.9 Å². The standard InChI is InChI=1S/C68H121NO10/c1-4-7-10-13-16-19-22-24-26-28-29-30-31-32-34-35-37-40-43-46-49-52-55-61(72)67(76)69-59(60(71)54-51-48-45-42-39-21-18-15-12-9-6-3)58-77-68-66(65(75)64(74)62(57-70)78-68)79-63(73)56-53-50-47-44-41-38-36-33-27-25-23-20-17-14-11-8-5-2/h8,11,17,20,25,27,36,38,44,47,51,54,59-62,64-66,68,70-72,74-75H,4-7,9-10,12-16,18-19,21-24,26,28-35,37,39-43,45-46,48-50,52-53,55-58H2,1-3H3,(H,69,76)/b11-8-,20-17-,27-25-,38-36-,47-44-,54-51+. The molecule has 0 bridgehead atoms. The summed E-state index contributed by atoms with van der Waals surface area (Å²) in [7, 11) is 0. The van der Waals surface area contributed by atoms with E-state index in [0.29, 0.717) is 19.3 Å². The van der Waals surface area contributed by atoms with Gasteiger partial charge in [0.1, 0.15) is 24.4 Å². The molecule has 1 rings (SSSR count). The fraction of sp³-hybridized carbons (Fsp3) is 0.794. The Balaban J connectivity index is 2.63. The van der Waals surface area contributed by atoms with E-state index in [1.54, 1.807) is 6.08 Å². The molecule has 0 aliphatic carbocycles. The molecule has 11 nitrogen and oxygen atoms in total. The molecule has 0 spiro atoms. The minimum absolute atomic E-state index is 0.0440. The van der Waals surface area contributed by atoms with Crippen molar-refractivity contribution < 1.29 is 49.3 Å². The molecule has 458 valence electrons. The van der Waals surface area contributed by atoms with Crippen LogP contribution >= 0.6 is 0 Å². The number of amides is 1. The molecule has 1 amide bonds. The van der Waals surface area contributed by atoms with Crippen LogP contribution in [-0.4, -0.2) is 99.6 Å². The Morgan fingerprint density at radius 2 is 0.911 bits per heavy atom. The van der Waals surface area contributed by atoms with E-state index in [-0.39, 0.29) is 19.4 Å². The molecule has 1 aliphatic rings. The molecular weight excluding hydrogens is 991 g/mol. The molecule has 1 aliphatic heterocycles. The van der Waals surface area contributed by atoms with Crippen LogP contribution in [-0.2, 0) is 23.8 Å². The zero-order chi connectivity index (χ0) is 57.5. The second kappa shape index (κ2) is 55.6. The van der Waals surface area contributed by atoms with Gasteiger partial charge in [0.05, 0.1) is 25.4 Å². The van der Waals surface area contributed by atoms with Crippen LogP contribution in [0.15, 0.2) is 72.9 Å². The molecule has 79 heavy (non-hydrogen) atoms. The third-order valence-corrected chi connectivity index (χ3v) is 15.1. The van der Waals surface area contributed by atoms with Gasteiger partial charge in [-0.25, -0.2) is 0 Å². The van der Waals surface area contributed by atoms with Crippen molar-refractivity contribution in [3.63, 3.8) is 0 Å². The fourth-order valence-electron chi connectivity index (χ4n) is 9.98. The molecule has 0 saturated carbocycles. The van der Waals surface area contributed by atoms with Crippen LogP contribution in [0.3, 0.4) is 0 Å². The predicted octanol–water partition coefficient (Wildman–Crippen LogP) is 16.0. The van der Waals surface area contributed by atoms with E-state index in [4.69, 9.17) is 14.2 Å². The van der Waals surface area contributed by atoms with Gasteiger partial charge in [0, 0.05) is 6.42 Å². The lowest BCUT2D eigenvalue weighted by molar-refractivity contribution is -0.305. The Bertz CT molecular complexity index is 1560. The molecule has 8 atom stereocenters. The molecule has 0 radical (unpaired) electrons. The molecule has 0 aromatic carbocycles. The predicted molar refractivity (Wildman–Crippen MR) is 329 cm³/mol. The average molecular weight is 1110 g/mol. The molecule has 0 aromatic heterocycles. The summed E-state index contributed by atoms with van der Waals surface area (Å²) in [5.74, 6) is -1.25. The number of allylic oxidation sites excluding steroid dienone is 11. The molecule has 6 N–H and O–H groups in total. The number of rotatable bonds is 55. The smallest absolute Gasteiger partial charge is 0.306 e. The molecule has 1 saturated heterocycles. The number of carbonyl (C=O) groups excluding carboxylic acids is 2. The third kappa shape index (κ3) is 43.5. The van der Waals surface area contributed by atoms with E-state index in [2.05, 4.69) is 74.7 Å². The van der Waals surface area contributed by atoms with E-state index >= 15 is 0 Å². The largest absolute Gasteiger partial charge is 0.454 e. The Kier molecular flexibility index (Phi) is 52.2. The molecule has 8 unspecified atom stereocenters. The monoisotopic (exact) mass is 1110 g/mol. The average Bonchev–Trinajstić information content (AvgIpc) is 3.47. The van der Waals surface area contributed by atoms with E-state index in [1.165, 1.54) is 161 Å². The van der Waals surface area contributed by atoms with Gasteiger partial charge in [0.25, 0.3) is 0 Å². The quantitative estimate of drug-likeness (QED) is 0.0195. The maximum absolute atomic E-state index is 13.4. The first-order valence-electron chi connectivity index (χ1n) is 32.7. The summed E-state index contributed by atoms with van der Waals surface area (Å²) in [5.41, 5.74) is 0. The van der Waals surface area contributed by atoms with Crippen molar-refractivity contribution in [2.75, 3.05) is 13.2 Å². The van der Waals surface area contributed by atoms with Crippen molar-refractivity contribution in [1.82, 2.24) is 5.32 Å². The molecular formula is C68H121NO10. The van der Waals surface area contributed by atoms with Gasteiger partial charge in [-0.05, 0) is 64.2 Å². The maximum atomic E-state index is 13.4. The van der Waals surface area contributed by atoms with Crippen LogP contribution in [0, 0.1) is 0 Å². The van der Waals surface area contributed by atoms with Crippen LogP contribution in [0.4, 0.5) is 0 Å². The number of aliphatic hydroxyl groups excluding tert-OH is 5. The van der Waals surface area contributed by atoms with E-state index in [9.17, 15) is 35.1 Å². The number of nitrogens with one attached hydrogen (secondary N) is 1. The number of unbranched alkanes of at least 4 members (excludes halogenated alkanes) is 31. The topological polar surface area (TPSA) is 175 Å². The highest BCUT2D eigenvalue weighted by atomic mass is 16.7. The van der Waals surface area contributed by atoms with Gasteiger partial charge in [-0.3, -0.25) is 9.59 Å². The van der Waals surface area contributed by atoms with E-state index < -0.39 is 67.4 Å². The van der Waals surface area contributed by atoms with Crippen molar-refractivity contribution in [2.24, 2.45) is 0 Å². The Morgan fingerprint density at radius 1 is 0.506 bits per heavy atom. The lowest BCUT2D eigenvalue weighted by Gasteiger charge is -2.41. The van der Waals surface area contributed by atoms with E-state index in [1.807, 2.05) is 18.2 Å².